The van der Waals surface area contributed by atoms with Crippen molar-refractivity contribution >= 4 is 17.7 Å². The minimum atomic E-state index is -0.423. The van der Waals surface area contributed by atoms with E-state index >= 15 is 0 Å². The highest BCUT2D eigenvalue weighted by Gasteiger charge is 2.38. The number of benzene rings is 2. The molecule has 0 fully saturated rings. The first-order valence-corrected chi connectivity index (χ1v) is 6.94. The molecule has 0 saturated heterocycles. The van der Waals surface area contributed by atoms with Crippen LogP contribution in [-0.2, 0) is 4.79 Å². The Morgan fingerprint density at radius 2 is 1.40 bits per heavy atom. The topological polar surface area (TPSA) is 20.3 Å². The Balaban J connectivity index is 2.30. The third-order valence-corrected chi connectivity index (χ3v) is 4.27. The zero-order chi connectivity index (χ0) is 14.3. The molecule has 0 N–H and O–H groups in total. The molecule has 0 aromatic heterocycles. The first-order chi connectivity index (χ1) is 9.56. The van der Waals surface area contributed by atoms with Crippen molar-refractivity contribution in [1.29, 1.82) is 0 Å². The number of anilines is 2. The SMILES string of the molecule is CN1c2ccccc2C(C(C)(C)C=O)c2ccccc21. The van der Waals surface area contributed by atoms with Gasteiger partial charge in [0.25, 0.3) is 0 Å². The highest BCUT2D eigenvalue weighted by Crippen LogP contribution is 2.50. The van der Waals surface area contributed by atoms with Gasteiger partial charge < -0.3 is 9.69 Å². The van der Waals surface area contributed by atoms with E-state index < -0.39 is 5.41 Å². The molecule has 2 aromatic carbocycles. The van der Waals surface area contributed by atoms with Crippen LogP contribution < -0.4 is 4.90 Å². The Bertz CT molecular complexity index is 612. The second kappa shape index (κ2) is 4.48. The Morgan fingerprint density at radius 3 is 1.85 bits per heavy atom. The van der Waals surface area contributed by atoms with Gasteiger partial charge in [-0.25, -0.2) is 0 Å². The molecular weight excluding hydrogens is 246 g/mol. The van der Waals surface area contributed by atoms with Gasteiger partial charge in [0.2, 0.25) is 0 Å². The fourth-order valence-electron chi connectivity index (χ4n) is 3.24. The van der Waals surface area contributed by atoms with E-state index in [2.05, 4.69) is 48.3 Å². The van der Waals surface area contributed by atoms with Gasteiger partial charge in [-0.05, 0) is 23.3 Å². The predicted molar refractivity (Wildman–Crippen MR) is 82.6 cm³/mol. The van der Waals surface area contributed by atoms with Gasteiger partial charge >= 0.3 is 0 Å². The number of rotatable bonds is 2. The molecule has 0 aliphatic carbocycles. The predicted octanol–water partition coefficient (Wildman–Crippen LogP) is 4.12. The summed E-state index contributed by atoms with van der Waals surface area (Å²) in [6, 6.07) is 16.7. The van der Waals surface area contributed by atoms with Crippen LogP contribution in [0.15, 0.2) is 48.5 Å². The van der Waals surface area contributed by atoms with Crippen LogP contribution in [0.3, 0.4) is 0 Å². The number of hydrogen-bond donors (Lipinski definition) is 0. The molecular formula is C18H19NO. The summed E-state index contributed by atoms with van der Waals surface area (Å²) in [5, 5.41) is 0. The third kappa shape index (κ3) is 1.75. The summed E-state index contributed by atoms with van der Waals surface area (Å²) in [5.41, 5.74) is 4.40. The molecule has 1 aliphatic heterocycles. The minimum absolute atomic E-state index is 0.101. The quantitative estimate of drug-likeness (QED) is 0.761. The summed E-state index contributed by atoms with van der Waals surface area (Å²) in [6.07, 6.45) is 1.08. The van der Waals surface area contributed by atoms with Crippen molar-refractivity contribution < 1.29 is 4.79 Å². The number of hydrogen-bond acceptors (Lipinski definition) is 2. The molecule has 1 aliphatic rings. The maximum absolute atomic E-state index is 11.6. The first-order valence-electron chi connectivity index (χ1n) is 6.94. The van der Waals surface area contributed by atoms with Crippen molar-refractivity contribution in [3.8, 4) is 0 Å². The Hall–Kier alpha value is -2.09. The fourth-order valence-corrected chi connectivity index (χ4v) is 3.24. The van der Waals surface area contributed by atoms with Crippen LogP contribution in [-0.4, -0.2) is 13.3 Å². The van der Waals surface area contributed by atoms with Crippen molar-refractivity contribution in [2.24, 2.45) is 5.41 Å². The number of nitrogens with zero attached hydrogens (tertiary/aromatic N) is 1. The van der Waals surface area contributed by atoms with Gasteiger partial charge in [0, 0.05) is 29.8 Å². The van der Waals surface area contributed by atoms with Crippen molar-refractivity contribution in [3.05, 3.63) is 59.7 Å². The van der Waals surface area contributed by atoms with Crippen LogP contribution in [0, 0.1) is 5.41 Å². The summed E-state index contributed by atoms with van der Waals surface area (Å²) < 4.78 is 0. The molecule has 0 saturated carbocycles. The molecule has 0 spiro atoms. The maximum atomic E-state index is 11.6. The Kier molecular flexibility index (Phi) is 2.89. The van der Waals surface area contributed by atoms with Crippen molar-refractivity contribution in [3.63, 3.8) is 0 Å². The molecule has 0 atom stereocenters. The smallest absolute Gasteiger partial charge is 0.126 e. The highest BCUT2D eigenvalue weighted by molar-refractivity contribution is 5.78. The Morgan fingerprint density at radius 1 is 0.950 bits per heavy atom. The van der Waals surface area contributed by atoms with Gasteiger partial charge in [-0.1, -0.05) is 50.2 Å². The molecule has 2 nitrogen and oxygen atoms in total. The lowest BCUT2D eigenvalue weighted by Gasteiger charge is -2.40. The van der Waals surface area contributed by atoms with E-state index in [1.807, 2.05) is 26.0 Å². The average molecular weight is 265 g/mol. The zero-order valence-electron chi connectivity index (χ0n) is 12.1. The standard InChI is InChI=1S/C18H19NO/c1-18(2,12-20)17-13-8-4-6-10-15(13)19(3)16-11-7-5-9-14(16)17/h4-12,17H,1-3H3. The lowest BCUT2D eigenvalue weighted by Crippen LogP contribution is -2.31. The van der Waals surface area contributed by atoms with Gasteiger partial charge in [-0.3, -0.25) is 0 Å². The van der Waals surface area contributed by atoms with Crippen LogP contribution >= 0.6 is 0 Å². The van der Waals surface area contributed by atoms with E-state index in [1.165, 1.54) is 22.5 Å². The van der Waals surface area contributed by atoms with E-state index in [9.17, 15) is 4.79 Å². The molecule has 0 bridgehead atoms. The number of aldehydes is 1. The van der Waals surface area contributed by atoms with E-state index in [-0.39, 0.29) is 5.92 Å². The normalized spacial score (nSPS) is 14.7. The number of carbonyl (C=O) groups excluding carboxylic acids is 1. The van der Waals surface area contributed by atoms with Gasteiger partial charge in [-0.2, -0.15) is 0 Å². The largest absolute Gasteiger partial charge is 0.344 e. The van der Waals surface area contributed by atoms with Crippen molar-refractivity contribution in [2.75, 3.05) is 11.9 Å². The van der Waals surface area contributed by atoms with Gasteiger partial charge in [0.05, 0.1) is 0 Å². The molecule has 20 heavy (non-hydrogen) atoms. The van der Waals surface area contributed by atoms with Crippen LogP contribution in [0.25, 0.3) is 0 Å². The van der Waals surface area contributed by atoms with Crippen molar-refractivity contribution in [1.82, 2.24) is 0 Å². The summed E-state index contributed by atoms with van der Waals surface area (Å²) in [5.74, 6) is 0.101. The second-order valence-corrected chi connectivity index (χ2v) is 6.05. The average Bonchev–Trinajstić information content (AvgIpc) is 2.47. The van der Waals surface area contributed by atoms with Crippen LogP contribution in [0.2, 0.25) is 0 Å². The lowest BCUT2D eigenvalue weighted by atomic mass is 9.69. The Labute approximate surface area is 120 Å². The van der Waals surface area contributed by atoms with Crippen molar-refractivity contribution in [2.45, 2.75) is 19.8 Å². The minimum Gasteiger partial charge on any atom is -0.344 e. The molecule has 0 radical (unpaired) electrons. The summed E-state index contributed by atoms with van der Waals surface area (Å²) in [4.78, 5) is 13.8. The zero-order valence-corrected chi connectivity index (χ0v) is 12.1. The number of carbonyl (C=O) groups is 1. The van der Waals surface area contributed by atoms with Gasteiger partial charge in [0.15, 0.2) is 0 Å². The number of para-hydroxylation sites is 2. The van der Waals surface area contributed by atoms with E-state index in [0.717, 1.165) is 6.29 Å². The maximum Gasteiger partial charge on any atom is 0.126 e. The van der Waals surface area contributed by atoms with Gasteiger partial charge in [0.1, 0.15) is 6.29 Å². The third-order valence-electron chi connectivity index (χ3n) is 4.27. The monoisotopic (exact) mass is 265 g/mol. The van der Waals surface area contributed by atoms with Crippen LogP contribution in [0.5, 0.6) is 0 Å². The molecule has 2 heteroatoms. The summed E-state index contributed by atoms with van der Waals surface area (Å²) >= 11 is 0. The molecule has 1 heterocycles. The molecule has 0 amide bonds. The van der Waals surface area contributed by atoms with E-state index in [4.69, 9.17) is 0 Å². The molecule has 3 rings (SSSR count). The first kappa shape index (κ1) is 12.9. The van der Waals surface area contributed by atoms with E-state index in [0.29, 0.717) is 0 Å². The summed E-state index contributed by atoms with van der Waals surface area (Å²) in [7, 11) is 2.09. The number of fused-ring (bicyclic) bond motifs is 2. The molecule has 102 valence electrons. The molecule has 2 aromatic rings. The van der Waals surface area contributed by atoms with Gasteiger partial charge in [-0.15, -0.1) is 0 Å². The second-order valence-electron chi connectivity index (χ2n) is 6.05. The fraction of sp³-hybridized carbons (Fsp3) is 0.278. The highest BCUT2D eigenvalue weighted by atomic mass is 16.1. The van der Waals surface area contributed by atoms with E-state index in [1.54, 1.807) is 0 Å². The molecule has 0 unspecified atom stereocenters. The van der Waals surface area contributed by atoms with Crippen LogP contribution in [0.4, 0.5) is 11.4 Å². The lowest BCUT2D eigenvalue weighted by molar-refractivity contribution is -0.115. The summed E-state index contributed by atoms with van der Waals surface area (Å²) in [6.45, 7) is 4.03. The van der Waals surface area contributed by atoms with Crippen LogP contribution in [0.1, 0.15) is 30.9 Å².